The van der Waals surface area contributed by atoms with Gasteiger partial charge in [-0.1, -0.05) is 0 Å². The minimum absolute atomic E-state index is 0.216. The molecule has 7 atom stereocenters. The van der Waals surface area contributed by atoms with Crippen LogP contribution in [0.1, 0.15) is 6.42 Å². The van der Waals surface area contributed by atoms with Gasteiger partial charge in [0.05, 0.1) is 18.9 Å². The van der Waals surface area contributed by atoms with Gasteiger partial charge >= 0.3 is 11.9 Å². The third-order valence-electron chi connectivity index (χ3n) is 3.69. The van der Waals surface area contributed by atoms with Crippen LogP contribution in [0.4, 0.5) is 0 Å². The van der Waals surface area contributed by atoms with Crippen molar-refractivity contribution >= 4 is 11.9 Å². The van der Waals surface area contributed by atoms with Crippen molar-refractivity contribution in [2.75, 3.05) is 13.2 Å². The van der Waals surface area contributed by atoms with Crippen LogP contribution in [0.15, 0.2) is 0 Å². The molecule has 2 heterocycles. The lowest BCUT2D eigenvalue weighted by molar-refractivity contribution is -0.313. The molecule has 126 valence electrons. The number of aliphatic hydroxyl groups is 4. The number of carbonyl (C=O) groups is 2. The topological polar surface area (TPSA) is 163 Å². The minimum atomic E-state index is -1.63. The summed E-state index contributed by atoms with van der Waals surface area (Å²) in [7, 11) is 0. The maximum absolute atomic E-state index is 11.5. The zero-order chi connectivity index (χ0) is 16.4. The largest absolute Gasteiger partial charge is 0.481 e. The maximum Gasteiger partial charge on any atom is 0.312 e. The van der Waals surface area contributed by atoms with Crippen LogP contribution in [0, 0.1) is 5.92 Å². The number of hydrogen-bond acceptors (Lipinski definition) is 9. The summed E-state index contributed by atoms with van der Waals surface area (Å²) in [5.41, 5.74) is 0. The molecule has 0 bridgehead atoms. The van der Waals surface area contributed by atoms with Crippen molar-refractivity contribution in [1.82, 2.24) is 0 Å². The first kappa shape index (κ1) is 17.1. The van der Waals surface area contributed by atoms with Gasteiger partial charge in [-0.2, -0.15) is 0 Å². The number of esters is 1. The van der Waals surface area contributed by atoms with Gasteiger partial charge in [-0.3, -0.25) is 9.59 Å². The first-order chi connectivity index (χ1) is 10.3. The van der Waals surface area contributed by atoms with Crippen LogP contribution in [0.3, 0.4) is 0 Å². The smallest absolute Gasteiger partial charge is 0.312 e. The zero-order valence-corrected chi connectivity index (χ0v) is 11.4. The van der Waals surface area contributed by atoms with Gasteiger partial charge in [0.15, 0.2) is 6.29 Å². The number of aliphatic hydroxyl groups excluding tert-OH is 4. The number of carboxylic acids is 1. The van der Waals surface area contributed by atoms with Crippen molar-refractivity contribution in [3.8, 4) is 0 Å². The normalized spacial score (nSPS) is 42.2. The Morgan fingerprint density at radius 2 is 1.91 bits per heavy atom. The van der Waals surface area contributed by atoms with E-state index in [4.69, 9.17) is 24.4 Å². The molecule has 0 aromatic heterocycles. The summed E-state index contributed by atoms with van der Waals surface area (Å²) in [4.78, 5) is 22.2. The Morgan fingerprint density at radius 3 is 2.50 bits per heavy atom. The number of rotatable bonds is 5. The van der Waals surface area contributed by atoms with Gasteiger partial charge in [0.1, 0.15) is 37.1 Å². The summed E-state index contributed by atoms with van der Waals surface area (Å²) < 4.78 is 15.2. The Hall–Kier alpha value is -1.30. The van der Waals surface area contributed by atoms with Gasteiger partial charge in [-0.15, -0.1) is 0 Å². The third-order valence-corrected chi connectivity index (χ3v) is 3.69. The average molecular weight is 322 g/mol. The van der Waals surface area contributed by atoms with Crippen LogP contribution in [0.25, 0.3) is 0 Å². The SMILES string of the molecule is O=C(O)CC1C(=O)OC[C@@H]1OC1O[C@H](CO)[C@@H](O)[C@H](O)[C@H]1O. The van der Waals surface area contributed by atoms with Crippen LogP contribution in [-0.2, 0) is 23.8 Å². The number of cyclic esters (lactones) is 1. The molecular formula is C12H18O10. The van der Waals surface area contributed by atoms with E-state index in [1.54, 1.807) is 0 Å². The first-order valence-corrected chi connectivity index (χ1v) is 6.69. The van der Waals surface area contributed by atoms with E-state index in [0.717, 1.165) is 0 Å². The Morgan fingerprint density at radius 1 is 1.23 bits per heavy atom. The van der Waals surface area contributed by atoms with Crippen molar-refractivity contribution in [3.63, 3.8) is 0 Å². The molecule has 0 amide bonds. The van der Waals surface area contributed by atoms with E-state index in [2.05, 4.69) is 0 Å². The molecule has 2 aliphatic rings. The molecule has 22 heavy (non-hydrogen) atoms. The van der Waals surface area contributed by atoms with Crippen LogP contribution in [-0.4, -0.2) is 87.5 Å². The molecule has 2 rings (SSSR count). The number of hydrogen-bond donors (Lipinski definition) is 5. The summed E-state index contributed by atoms with van der Waals surface area (Å²) in [5, 5.41) is 47.0. The van der Waals surface area contributed by atoms with Crippen LogP contribution in [0.5, 0.6) is 0 Å². The Bertz CT molecular complexity index is 424. The van der Waals surface area contributed by atoms with E-state index in [-0.39, 0.29) is 6.61 Å². The molecule has 5 N–H and O–H groups in total. The molecule has 0 spiro atoms. The second kappa shape index (κ2) is 6.86. The quantitative estimate of drug-likeness (QED) is 0.326. The van der Waals surface area contributed by atoms with Gasteiger partial charge in [0.2, 0.25) is 0 Å². The zero-order valence-electron chi connectivity index (χ0n) is 11.4. The average Bonchev–Trinajstić information content (AvgIpc) is 2.80. The first-order valence-electron chi connectivity index (χ1n) is 6.69. The summed E-state index contributed by atoms with van der Waals surface area (Å²) in [5.74, 6) is -3.02. The van der Waals surface area contributed by atoms with E-state index in [1.165, 1.54) is 0 Å². The molecule has 2 saturated heterocycles. The molecule has 0 aromatic carbocycles. The lowest BCUT2D eigenvalue weighted by atomic mass is 9.98. The fraction of sp³-hybridized carbons (Fsp3) is 0.833. The molecule has 0 radical (unpaired) electrons. The van der Waals surface area contributed by atoms with Gasteiger partial charge in [0, 0.05) is 0 Å². The predicted octanol–water partition coefficient (Wildman–Crippen LogP) is -3.18. The molecule has 0 aromatic rings. The number of aliphatic carboxylic acids is 1. The van der Waals surface area contributed by atoms with E-state index in [9.17, 15) is 24.9 Å². The van der Waals surface area contributed by atoms with Crippen molar-refractivity contribution in [1.29, 1.82) is 0 Å². The highest BCUT2D eigenvalue weighted by molar-refractivity contribution is 5.81. The standard InChI is InChI=1S/C12H18O10/c13-2-5-8(16)9(17)10(18)12(21-5)22-6-3-20-11(19)4(6)1-7(14)15/h4-6,8-10,12-13,16-18H,1-3H2,(H,14,15)/t4?,5-,6+,8-,9+,10-,12?/m1/s1. The molecule has 2 unspecified atom stereocenters. The van der Waals surface area contributed by atoms with Gasteiger partial charge in [0.25, 0.3) is 0 Å². The Labute approximate surface area is 124 Å². The van der Waals surface area contributed by atoms with Crippen molar-refractivity contribution in [2.45, 2.75) is 43.2 Å². The van der Waals surface area contributed by atoms with E-state index in [1.807, 2.05) is 0 Å². The van der Waals surface area contributed by atoms with Gasteiger partial charge in [-0.05, 0) is 0 Å². The fourth-order valence-electron chi connectivity index (χ4n) is 2.43. The highest BCUT2D eigenvalue weighted by Gasteiger charge is 2.48. The van der Waals surface area contributed by atoms with E-state index in [0.29, 0.717) is 0 Å². The minimum Gasteiger partial charge on any atom is -0.481 e. The highest BCUT2D eigenvalue weighted by Crippen LogP contribution is 2.28. The Balaban J connectivity index is 2.05. The van der Waals surface area contributed by atoms with E-state index < -0.39 is 67.7 Å². The molecular weight excluding hydrogens is 304 g/mol. The number of carboxylic acid groups (broad SMARTS) is 1. The summed E-state index contributed by atoms with van der Waals surface area (Å²) in [6.07, 6.45) is -8.86. The van der Waals surface area contributed by atoms with Gasteiger partial charge in [-0.25, -0.2) is 0 Å². The summed E-state index contributed by atoms with van der Waals surface area (Å²) in [6, 6.07) is 0. The molecule has 10 heteroatoms. The monoisotopic (exact) mass is 322 g/mol. The predicted molar refractivity (Wildman–Crippen MR) is 65.3 cm³/mol. The lowest BCUT2D eigenvalue weighted by Gasteiger charge is -2.40. The number of ether oxygens (including phenoxy) is 3. The maximum atomic E-state index is 11.5. The Kier molecular flexibility index (Phi) is 5.32. The third kappa shape index (κ3) is 3.37. The molecule has 2 aliphatic heterocycles. The number of carbonyl (C=O) groups excluding carboxylic acids is 1. The molecule has 0 aliphatic carbocycles. The summed E-state index contributed by atoms with van der Waals surface area (Å²) in [6.45, 7) is -0.838. The fourth-order valence-corrected chi connectivity index (χ4v) is 2.43. The van der Waals surface area contributed by atoms with Gasteiger partial charge < -0.3 is 39.7 Å². The van der Waals surface area contributed by atoms with Crippen LogP contribution < -0.4 is 0 Å². The van der Waals surface area contributed by atoms with Crippen LogP contribution >= 0.6 is 0 Å². The lowest BCUT2D eigenvalue weighted by Crippen LogP contribution is -2.60. The summed E-state index contributed by atoms with van der Waals surface area (Å²) >= 11 is 0. The molecule has 0 saturated carbocycles. The van der Waals surface area contributed by atoms with Crippen molar-refractivity contribution in [2.24, 2.45) is 5.92 Å². The van der Waals surface area contributed by atoms with E-state index >= 15 is 0 Å². The second-order valence-corrected chi connectivity index (χ2v) is 5.21. The molecule has 2 fully saturated rings. The second-order valence-electron chi connectivity index (χ2n) is 5.21. The van der Waals surface area contributed by atoms with Crippen LogP contribution in [0.2, 0.25) is 0 Å². The van der Waals surface area contributed by atoms with Crippen molar-refractivity contribution in [3.05, 3.63) is 0 Å². The van der Waals surface area contributed by atoms with Crippen molar-refractivity contribution < 1.29 is 49.3 Å². The molecule has 10 nitrogen and oxygen atoms in total. The highest BCUT2D eigenvalue weighted by atomic mass is 16.7.